The zero-order chi connectivity index (χ0) is 20.8. The summed E-state index contributed by atoms with van der Waals surface area (Å²) in [5.74, 6) is -0.376. The summed E-state index contributed by atoms with van der Waals surface area (Å²) in [5.41, 5.74) is 0.852. The van der Waals surface area contributed by atoms with Crippen molar-refractivity contribution in [2.45, 2.75) is 58.7 Å². The van der Waals surface area contributed by atoms with E-state index in [1.165, 1.54) is 4.90 Å². The number of hydrogen-bond acceptors (Lipinski definition) is 5. The standard InChI is InChI=1S/C20H31N5O3/c1-6-12(3)16(24-18(26)13(4)21-5)20(28)25-15(19(27)22-7-2)11-14-9-8-10-23-17(14)25/h8-10,12-13,15-16,21H,6-7,11H2,1-5H3,(H,22,27)(H,24,26). The Kier molecular flexibility index (Phi) is 7.51. The molecule has 1 aliphatic rings. The first kappa shape index (κ1) is 21.8. The van der Waals surface area contributed by atoms with E-state index in [1.54, 1.807) is 26.2 Å². The van der Waals surface area contributed by atoms with Crippen molar-refractivity contribution in [2.75, 3.05) is 18.5 Å². The summed E-state index contributed by atoms with van der Waals surface area (Å²) >= 11 is 0. The van der Waals surface area contributed by atoms with Crippen LogP contribution in [0, 0.1) is 5.92 Å². The van der Waals surface area contributed by atoms with Crippen LogP contribution in [-0.4, -0.2) is 54.4 Å². The minimum absolute atomic E-state index is 0.0943. The van der Waals surface area contributed by atoms with Crippen molar-refractivity contribution >= 4 is 23.5 Å². The molecule has 4 unspecified atom stereocenters. The molecule has 0 spiro atoms. The molecule has 3 amide bonds. The van der Waals surface area contributed by atoms with Gasteiger partial charge in [0, 0.05) is 19.2 Å². The molecule has 4 atom stereocenters. The fraction of sp³-hybridized carbons (Fsp3) is 0.600. The molecule has 0 aliphatic carbocycles. The average molecular weight is 390 g/mol. The molecule has 2 rings (SSSR count). The number of hydrogen-bond donors (Lipinski definition) is 3. The molecule has 0 saturated carbocycles. The molecule has 0 fully saturated rings. The van der Waals surface area contributed by atoms with Crippen molar-refractivity contribution < 1.29 is 14.4 Å². The van der Waals surface area contributed by atoms with Crippen LogP contribution in [0.5, 0.6) is 0 Å². The van der Waals surface area contributed by atoms with Crippen LogP contribution in [0.15, 0.2) is 18.3 Å². The smallest absolute Gasteiger partial charge is 0.251 e. The predicted molar refractivity (Wildman–Crippen MR) is 108 cm³/mol. The number of carbonyl (C=O) groups excluding carboxylic acids is 3. The number of rotatable bonds is 8. The quantitative estimate of drug-likeness (QED) is 0.605. The number of likely N-dealkylation sites (N-methyl/N-ethyl adjacent to an activating group) is 2. The van der Waals surface area contributed by atoms with Crippen molar-refractivity contribution in [3.8, 4) is 0 Å². The number of anilines is 1. The van der Waals surface area contributed by atoms with Crippen LogP contribution in [0.1, 0.15) is 39.7 Å². The lowest BCUT2D eigenvalue weighted by Crippen LogP contribution is -2.58. The summed E-state index contributed by atoms with van der Waals surface area (Å²) in [6.45, 7) is 7.94. The number of nitrogens with zero attached hydrogens (tertiary/aromatic N) is 2. The lowest BCUT2D eigenvalue weighted by molar-refractivity contribution is -0.131. The Hall–Kier alpha value is -2.48. The highest BCUT2D eigenvalue weighted by molar-refractivity contribution is 6.06. The summed E-state index contributed by atoms with van der Waals surface area (Å²) in [6, 6.07) is 1.84. The number of nitrogens with one attached hydrogen (secondary N) is 3. The molecule has 0 radical (unpaired) electrons. The summed E-state index contributed by atoms with van der Waals surface area (Å²) in [4.78, 5) is 44.4. The lowest BCUT2D eigenvalue weighted by Gasteiger charge is -2.31. The Morgan fingerprint density at radius 3 is 2.61 bits per heavy atom. The van der Waals surface area contributed by atoms with Crippen molar-refractivity contribution in [3.05, 3.63) is 23.9 Å². The molecule has 8 nitrogen and oxygen atoms in total. The Morgan fingerprint density at radius 1 is 1.29 bits per heavy atom. The van der Waals surface area contributed by atoms with Crippen LogP contribution >= 0.6 is 0 Å². The lowest BCUT2D eigenvalue weighted by atomic mass is 9.97. The molecule has 154 valence electrons. The SMILES string of the molecule is CCNC(=O)C1Cc2cccnc2N1C(=O)C(NC(=O)C(C)NC)C(C)CC. The van der Waals surface area contributed by atoms with E-state index in [-0.39, 0.29) is 23.6 Å². The first-order valence-corrected chi connectivity index (χ1v) is 9.87. The normalized spacial score (nSPS) is 18.8. The van der Waals surface area contributed by atoms with Gasteiger partial charge < -0.3 is 16.0 Å². The number of amides is 3. The second kappa shape index (κ2) is 9.64. The van der Waals surface area contributed by atoms with Gasteiger partial charge in [0.1, 0.15) is 17.9 Å². The molecule has 1 aliphatic heterocycles. The van der Waals surface area contributed by atoms with Gasteiger partial charge in [0.25, 0.3) is 5.91 Å². The van der Waals surface area contributed by atoms with Crippen molar-refractivity contribution in [1.29, 1.82) is 0 Å². The number of pyridine rings is 1. The Balaban J connectivity index is 2.38. The monoisotopic (exact) mass is 389 g/mol. The number of aromatic nitrogens is 1. The fourth-order valence-electron chi connectivity index (χ4n) is 3.26. The van der Waals surface area contributed by atoms with E-state index < -0.39 is 18.1 Å². The van der Waals surface area contributed by atoms with E-state index >= 15 is 0 Å². The van der Waals surface area contributed by atoms with Crippen LogP contribution in [0.4, 0.5) is 5.82 Å². The molecular weight excluding hydrogens is 358 g/mol. The van der Waals surface area contributed by atoms with Crippen molar-refractivity contribution in [1.82, 2.24) is 20.9 Å². The maximum absolute atomic E-state index is 13.5. The molecule has 3 N–H and O–H groups in total. The summed E-state index contributed by atoms with van der Waals surface area (Å²) in [6.07, 6.45) is 2.73. The van der Waals surface area contributed by atoms with E-state index in [0.29, 0.717) is 25.2 Å². The van der Waals surface area contributed by atoms with E-state index in [0.717, 1.165) is 5.56 Å². The first-order chi connectivity index (χ1) is 13.3. The molecular formula is C20H31N5O3. The molecule has 28 heavy (non-hydrogen) atoms. The highest BCUT2D eigenvalue weighted by Crippen LogP contribution is 2.31. The Morgan fingerprint density at radius 2 is 2.00 bits per heavy atom. The predicted octanol–water partition coefficient (Wildman–Crippen LogP) is 0.614. The van der Waals surface area contributed by atoms with Crippen LogP contribution in [-0.2, 0) is 20.8 Å². The van der Waals surface area contributed by atoms with Crippen LogP contribution in [0.3, 0.4) is 0 Å². The number of fused-ring (bicyclic) bond motifs is 1. The zero-order valence-electron chi connectivity index (χ0n) is 17.3. The fourth-order valence-corrected chi connectivity index (χ4v) is 3.26. The van der Waals surface area contributed by atoms with Gasteiger partial charge in [-0.3, -0.25) is 19.3 Å². The molecule has 0 aromatic carbocycles. The summed E-state index contributed by atoms with van der Waals surface area (Å²) < 4.78 is 0. The zero-order valence-corrected chi connectivity index (χ0v) is 17.3. The maximum Gasteiger partial charge on any atom is 0.251 e. The molecule has 8 heteroatoms. The third kappa shape index (κ3) is 4.49. The largest absolute Gasteiger partial charge is 0.355 e. The van der Waals surface area contributed by atoms with Crippen molar-refractivity contribution in [3.63, 3.8) is 0 Å². The van der Waals surface area contributed by atoms with Crippen LogP contribution in [0.25, 0.3) is 0 Å². The minimum Gasteiger partial charge on any atom is -0.355 e. The highest BCUT2D eigenvalue weighted by atomic mass is 16.2. The minimum atomic E-state index is -0.738. The second-order valence-electron chi connectivity index (χ2n) is 7.19. The van der Waals surface area contributed by atoms with Gasteiger partial charge in [-0.15, -0.1) is 0 Å². The van der Waals surface area contributed by atoms with Gasteiger partial charge in [-0.1, -0.05) is 26.3 Å². The topological polar surface area (TPSA) is 103 Å². The Bertz CT molecular complexity index is 724. The highest BCUT2D eigenvalue weighted by Gasteiger charge is 2.43. The summed E-state index contributed by atoms with van der Waals surface area (Å²) in [5, 5.41) is 8.55. The molecule has 2 heterocycles. The second-order valence-corrected chi connectivity index (χ2v) is 7.19. The Labute approximate surface area is 166 Å². The van der Waals surface area contributed by atoms with Gasteiger partial charge in [-0.2, -0.15) is 0 Å². The third-order valence-electron chi connectivity index (χ3n) is 5.31. The van der Waals surface area contributed by atoms with Gasteiger partial charge in [0.15, 0.2) is 0 Å². The van der Waals surface area contributed by atoms with Crippen LogP contribution in [0.2, 0.25) is 0 Å². The molecule has 0 bridgehead atoms. The van der Waals surface area contributed by atoms with Crippen LogP contribution < -0.4 is 20.9 Å². The van der Waals surface area contributed by atoms with Gasteiger partial charge >= 0.3 is 0 Å². The molecule has 0 saturated heterocycles. The molecule has 1 aromatic rings. The average Bonchev–Trinajstić information content (AvgIpc) is 3.10. The van der Waals surface area contributed by atoms with Gasteiger partial charge in [-0.25, -0.2) is 4.98 Å². The van der Waals surface area contributed by atoms with Crippen molar-refractivity contribution in [2.24, 2.45) is 5.92 Å². The first-order valence-electron chi connectivity index (χ1n) is 9.87. The van der Waals surface area contributed by atoms with Gasteiger partial charge in [0.2, 0.25) is 11.8 Å². The van der Waals surface area contributed by atoms with Gasteiger partial charge in [0.05, 0.1) is 6.04 Å². The summed E-state index contributed by atoms with van der Waals surface area (Å²) in [7, 11) is 1.69. The van der Waals surface area contributed by atoms with E-state index in [9.17, 15) is 14.4 Å². The molecule has 1 aromatic heterocycles. The maximum atomic E-state index is 13.5. The van der Waals surface area contributed by atoms with E-state index in [2.05, 4.69) is 20.9 Å². The van der Waals surface area contributed by atoms with E-state index in [1.807, 2.05) is 26.8 Å². The van der Waals surface area contributed by atoms with Gasteiger partial charge in [-0.05, 0) is 38.4 Å². The van der Waals surface area contributed by atoms with E-state index in [4.69, 9.17) is 0 Å². The number of carbonyl (C=O) groups is 3. The third-order valence-corrected chi connectivity index (χ3v) is 5.31.